The maximum Gasteiger partial charge on any atom is 0.355 e. The van der Waals surface area contributed by atoms with Crippen molar-refractivity contribution in [2.45, 2.75) is 25.9 Å². The van der Waals surface area contributed by atoms with Gasteiger partial charge in [-0.25, -0.2) is 19.0 Å². The van der Waals surface area contributed by atoms with Gasteiger partial charge in [-0.15, -0.1) is 11.6 Å². The van der Waals surface area contributed by atoms with Crippen molar-refractivity contribution in [1.82, 2.24) is 9.55 Å². The topological polar surface area (TPSA) is 96.7 Å². The highest BCUT2D eigenvalue weighted by atomic mass is 35.5. The van der Waals surface area contributed by atoms with Crippen molar-refractivity contribution in [1.29, 1.82) is 0 Å². The first kappa shape index (κ1) is 27.6. The van der Waals surface area contributed by atoms with Crippen LogP contribution in [0, 0.1) is 12.7 Å². The number of ether oxygens (including phenoxy) is 3. The molecule has 0 amide bonds. The second kappa shape index (κ2) is 12.8. The molecule has 1 atom stereocenters. The molecule has 1 unspecified atom stereocenters. The fraction of sp³-hybridized carbons (Fsp3) is 0.259. The van der Waals surface area contributed by atoms with Gasteiger partial charge in [-0.05, 0) is 67.8 Å². The van der Waals surface area contributed by atoms with E-state index in [2.05, 4.69) is 9.72 Å². The van der Waals surface area contributed by atoms with Crippen LogP contribution in [0.2, 0.25) is 0 Å². The molecule has 3 rings (SSSR count). The Morgan fingerprint density at radius 3 is 2.46 bits per heavy atom. The summed E-state index contributed by atoms with van der Waals surface area (Å²) in [6.45, 7) is 1.87. The third-order valence-corrected chi connectivity index (χ3v) is 5.65. The standard InChI is InChI=1S/C27H26ClFN2O6/c1-17-15-31(16-30-17)22-11-6-18(14-23(22)35-2)13-20(5-4-12-28)26(33)37-25(27(34)36-3)24(32)19-7-9-21(29)10-8-19/h6-11,13-16,25H,4-5,12H2,1-3H3/b20-13+. The molecule has 0 saturated heterocycles. The summed E-state index contributed by atoms with van der Waals surface area (Å²) in [6.07, 6.45) is 3.91. The van der Waals surface area contributed by atoms with Gasteiger partial charge in [0.05, 0.1) is 31.9 Å². The van der Waals surface area contributed by atoms with Gasteiger partial charge >= 0.3 is 11.9 Å². The number of imidazole rings is 1. The fourth-order valence-corrected chi connectivity index (χ4v) is 3.64. The van der Waals surface area contributed by atoms with Crippen LogP contribution >= 0.6 is 11.6 Å². The molecule has 37 heavy (non-hydrogen) atoms. The summed E-state index contributed by atoms with van der Waals surface area (Å²) in [6, 6.07) is 9.85. The van der Waals surface area contributed by atoms with Gasteiger partial charge < -0.3 is 18.8 Å². The molecule has 2 aromatic carbocycles. The second-order valence-corrected chi connectivity index (χ2v) is 8.37. The summed E-state index contributed by atoms with van der Waals surface area (Å²) in [5.41, 5.74) is 2.40. The average Bonchev–Trinajstić information content (AvgIpc) is 3.34. The summed E-state index contributed by atoms with van der Waals surface area (Å²) in [7, 11) is 2.60. The number of rotatable bonds is 11. The zero-order valence-corrected chi connectivity index (χ0v) is 21.3. The van der Waals surface area contributed by atoms with E-state index in [4.69, 9.17) is 21.1 Å². The highest BCUT2D eigenvalue weighted by Gasteiger charge is 2.33. The Labute approximate surface area is 218 Å². The largest absolute Gasteiger partial charge is 0.495 e. The molecule has 0 aliphatic heterocycles. The number of hydrogen-bond donors (Lipinski definition) is 0. The van der Waals surface area contributed by atoms with Crippen molar-refractivity contribution in [2.75, 3.05) is 20.1 Å². The number of esters is 2. The molecule has 0 saturated carbocycles. The highest BCUT2D eigenvalue weighted by molar-refractivity contribution is 6.18. The second-order valence-electron chi connectivity index (χ2n) is 8.00. The number of nitrogens with zero attached hydrogens (tertiary/aromatic N) is 2. The van der Waals surface area contributed by atoms with Gasteiger partial charge in [0.1, 0.15) is 11.6 Å². The Morgan fingerprint density at radius 2 is 1.86 bits per heavy atom. The van der Waals surface area contributed by atoms with Crippen molar-refractivity contribution < 1.29 is 33.0 Å². The first-order chi connectivity index (χ1) is 17.8. The van der Waals surface area contributed by atoms with Gasteiger partial charge in [-0.1, -0.05) is 6.07 Å². The van der Waals surface area contributed by atoms with E-state index in [1.807, 2.05) is 23.8 Å². The van der Waals surface area contributed by atoms with E-state index in [0.29, 0.717) is 17.7 Å². The molecule has 8 nitrogen and oxygen atoms in total. The van der Waals surface area contributed by atoms with Gasteiger partial charge in [-0.3, -0.25) is 4.79 Å². The van der Waals surface area contributed by atoms with E-state index in [-0.39, 0.29) is 23.4 Å². The van der Waals surface area contributed by atoms with Gasteiger partial charge in [0, 0.05) is 23.2 Å². The molecular formula is C27H26ClFN2O6. The maximum absolute atomic E-state index is 13.3. The quantitative estimate of drug-likeness (QED) is 0.117. The lowest BCUT2D eigenvalue weighted by atomic mass is 10.0. The molecule has 0 bridgehead atoms. The van der Waals surface area contributed by atoms with Crippen LogP contribution in [-0.4, -0.2) is 53.5 Å². The molecule has 0 radical (unpaired) electrons. The Kier molecular flexibility index (Phi) is 9.57. The number of aromatic nitrogens is 2. The molecule has 194 valence electrons. The Balaban J connectivity index is 1.91. The molecule has 0 N–H and O–H groups in total. The minimum Gasteiger partial charge on any atom is -0.495 e. The van der Waals surface area contributed by atoms with Crippen LogP contribution in [0.1, 0.15) is 34.5 Å². The molecule has 0 aliphatic rings. The first-order valence-corrected chi connectivity index (χ1v) is 11.8. The number of ketones is 1. The third-order valence-electron chi connectivity index (χ3n) is 5.38. The lowest BCUT2D eigenvalue weighted by molar-refractivity contribution is -0.160. The average molecular weight is 529 g/mol. The number of carbonyl (C=O) groups excluding carboxylic acids is 3. The van der Waals surface area contributed by atoms with E-state index in [9.17, 15) is 18.8 Å². The SMILES string of the molecule is COC(=O)C(OC(=O)/C(=C/c1ccc(-n2cnc(C)c2)c(OC)c1)CCCCl)C(=O)c1ccc(F)cc1. The summed E-state index contributed by atoms with van der Waals surface area (Å²) >= 11 is 5.85. The van der Waals surface area contributed by atoms with Crippen molar-refractivity contribution >= 4 is 35.4 Å². The number of aryl methyl sites for hydroxylation is 1. The van der Waals surface area contributed by atoms with Crippen LogP contribution in [0.3, 0.4) is 0 Å². The normalized spacial score (nSPS) is 12.1. The van der Waals surface area contributed by atoms with Crippen LogP contribution in [0.4, 0.5) is 4.39 Å². The third kappa shape index (κ3) is 7.04. The summed E-state index contributed by atoms with van der Waals surface area (Å²) < 4.78 is 30.6. The number of hydrogen-bond acceptors (Lipinski definition) is 7. The van der Waals surface area contributed by atoms with E-state index in [1.165, 1.54) is 19.2 Å². The maximum atomic E-state index is 13.3. The van der Waals surface area contributed by atoms with E-state index in [1.54, 1.807) is 24.5 Å². The van der Waals surface area contributed by atoms with Crippen molar-refractivity contribution in [2.24, 2.45) is 0 Å². The number of carbonyl (C=O) groups is 3. The van der Waals surface area contributed by atoms with Gasteiger partial charge in [0.25, 0.3) is 6.10 Å². The molecule has 10 heteroatoms. The van der Waals surface area contributed by atoms with Crippen molar-refractivity contribution in [3.05, 3.63) is 83.2 Å². The predicted molar refractivity (Wildman–Crippen MR) is 135 cm³/mol. The molecule has 0 spiro atoms. The van der Waals surface area contributed by atoms with E-state index in [0.717, 1.165) is 30.6 Å². The van der Waals surface area contributed by atoms with Crippen LogP contribution in [-0.2, 0) is 19.1 Å². The van der Waals surface area contributed by atoms with Crippen LogP contribution in [0.5, 0.6) is 5.75 Å². The number of halogens is 2. The summed E-state index contributed by atoms with van der Waals surface area (Å²) in [4.78, 5) is 42.5. The number of Topliss-reactive ketones (excluding diaryl/α,β-unsaturated/α-hetero) is 1. The fourth-order valence-electron chi connectivity index (χ4n) is 3.51. The minimum atomic E-state index is -1.86. The van der Waals surface area contributed by atoms with Gasteiger partial charge in [-0.2, -0.15) is 0 Å². The smallest absolute Gasteiger partial charge is 0.355 e. The Morgan fingerprint density at radius 1 is 1.14 bits per heavy atom. The zero-order chi connectivity index (χ0) is 26.9. The van der Waals surface area contributed by atoms with Gasteiger partial charge in [0.2, 0.25) is 5.78 Å². The lowest BCUT2D eigenvalue weighted by Crippen LogP contribution is -2.36. The van der Waals surface area contributed by atoms with Crippen LogP contribution < -0.4 is 4.74 Å². The van der Waals surface area contributed by atoms with Crippen molar-refractivity contribution in [3.63, 3.8) is 0 Å². The number of benzene rings is 2. The van der Waals surface area contributed by atoms with E-state index < -0.39 is 29.6 Å². The van der Waals surface area contributed by atoms with Crippen LogP contribution in [0.25, 0.3) is 11.8 Å². The van der Waals surface area contributed by atoms with Crippen LogP contribution in [0.15, 0.2) is 60.6 Å². The zero-order valence-electron chi connectivity index (χ0n) is 20.6. The number of methoxy groups -OCH3 is 2. The lowest BCUT2D eigenvalue weighted by Gasteiger charge is -2.16. The molecule has 0 fully saturated rings. The van der Waals surface area contributed by atoms with Gasteiger partial charge in [0.15, 0.2) is 0 Å². The minimum absolute atomic E-state index is 0.00838. The predicted octanol–water partition coefficient (Wildman–Crippen LogP) is 4.70. The molecule has 1 aromatic heterocycles. The summed E-state index contributed by atoms with van der Waals surface area (Å²) in [5, 5.41) is 0. The molecule has 1 heterocycles. The highest BCUT2D eigenvalue weighted by Crippen LogP contribution is 2.27. The Hall–Kier alpha value is -3.98. The molecular weight excluding hydrogens is 503 g/mol. The van der Waals surface area contributed by atoms with E-state index >= 15 is 0 Å². The van der Waals surface area contributed by atoms with Crippen molar-refractivity contribution in [3.8, 4) is 11.4 Å². The molecule has 3 aromatic rings. The molecule has 0 aliphatic carbocycles. The first-order valence-electron chi connectivity index (χ1n) is 11.3. The Bertz CT molecular complexity index is 1300. The monoisotopic (exact) mass is 528 g/mol. The number of alkyl halides is 1. The summed E-state index contributed by atoms with van der Waals surface area (Å²) in [5.74, 6) is -2.51.